The monoisotopic (exact) mass is 334 g/mol. The lowest BCUT2D eigenvalue weighted by atomic mass is 10.2. The van der Waals surface area contributed by atoms with Gasteiger partial charge in [-0.25, -0.2) is 0 Å². The van der Waals surface area contributed by atoms with Crippen molar-refractivity contribution >= 4 is 34.2 Å². The minimum atomic E-state index is -0.0394. The number of Topliss-reactive ketones (excluding diaryl/α,β-unsaturated/α-hetero) is 1. The lowest BCUT2D eigenvalue weighted by molar-refractivity contribution is 0.104. The standard InChI is InChI=1S/C18H22O2S2/c1-3-5-10-21-17-15-12-13(19)8-7-9-14(15)16(20)18(17)22-11-6-4-2/h7-9,12H,3-6,10-11H2,1-2H3. The van der Waals surface area contributed by atoms with Crippen molar-refractivity contribution in [1.29, 1.82) is 0 Å². The van der Waals surface area contributed by atoms with Crippen LogP contribution in [0, 0.1) is 0 Å². The Balaban J connectivity index is 2.37. The Morgan fingerprint density at radius 3 is 2.14 bits per heavy atom. The van der Waals surface area contributed by atoms with Crippen molar-refractivity contribution < 1.29 is 4.79 Å². The van der Waals surface area contributed by atoms with Gasteiger partial charge in [0.15, 0.2) is 5.43 Å². The van der Waals surface area contributed by atoms with Crippen LogP contribution < -0.4 is 5.43 Å². The van der Waals surface area contributed by atoms with E-state index in [1.165, 1.54) is 6.07 Å². The fraction of sp³-hybridized carbons (Fsp3) is 0.444. The third kappa shape index (κ3) is 4.05. The maximum absolute atomic E-state index is 12.7. The Morgan fingerprint density at radius 1 is 0.864 bits per heavy atom. The summed E-state index contributed by atoms with van der Waals surface area (Å²) in [6.07, 6.45) is 4.48. The average molecular weight is 335 g/mol. The molecule has 0 saturated heterocycles. The Hall–Kier alpha value is -1.00. The van der Waals surface area contributed by atoms with Crippen LogP contribution in [0.15, 0.2) is 34.0 Å². The third-order valence-electron chi connectivity index (χ3n) is 3.49. The minimum absolute atomic E-state index is 0.0394. The summed E-state index contributed by atoms with van der Waals surface area (Å²) in [5.74, 6) is 2.04. The Morgan fingerprint density at radius 2 is 1.50 bits per heavy atom. The molecule has 0 aliphatic heterocycles. The first kappa shape index (κ1) is 17.4. The molecule has 0 aromatic heterocycles. The number of carbonyl (C=O) groups excluding carboxylic acids is 1. The van der Waals surface area contributed by atoms with Crippen molar-refractivity contribution in [2.24, 2.45) is 0 Å². The summed E-state index contributed by atoms with van der Waals surface area (Å²) in [5.41, 5.74) is 1.47. The zero-order chi connectivity index (χ0) is 15.9. The fourth-order valence-electron chi connectivity index (χ4n) is 2.24. The molecule has 0 heterocycles. The highest BCUT2D eigenvalue weighted by atomic mass is 32.2. The summed E-state index contributed by atoms with van der Waals surface area (Å²) in [4.78, 5) is 26.4. The molecule has 0 N–H and O–H groups in total. The summed E-state index contributed by atoms with van der Waals surface area (Å²) in [6.45, 7) is 4.32. The van der Waals surface area contributed by atoms with Crippen LogP contribution in [0.25, 0.3) is 4.91 Å². The third-order valence-corrected chi connectivity index (χ3v) is 6.00. The smallest absolute Gasteiger partial charge is 0.201 e. The highest BCUT2D eigenvalue weighted by molar-refractivity contribution is 8.11. The molecule has 0 fully saturated rings. The molecule has 0 unspecified atom stereocenters. The van der Waals surface area contributed by atoms with Gasteiger partial charge in [-0.05, 0) is 36.5 Å². The van der Waals surface area contributed by atoms with E-state index in [1.54, 1.807) is 41.7 Å². The largest absolute Gasteiger partial charge is 0.290 e. The van der Waals surface area contributed by atoms with Crippen molar-refractivity contribution in [3.05, 3.63) is 50.5 Å². The van der Waals surface area contributed by atoms with Gasteiger partial charge in [-0.15, -0.1) is 23.5 Å². The second-order valence-corrected chi connectivity index (χ2v) is 7.50. The van der Waals surface area contributed by atoms with E-state index in [-0.39, 0.29) is 11.2 Å². The maximum Gasteiger partial charge on any atom is 0.201 e. The highest BCUT2D eigenvalue weighted by Gasteiger charge is 2.29. The molecule has 2 nitrogen and oxygen atoms in total. The summed E-state index contributed by atoms with van der Waals surface area (Å²) < 4.78 is 0. The number of unbranched alkanes of at least 4 members (excludes halogenated alkanes) is 2. The zero-order valence-electron chi connectivity index (χ0n) is 13.2. The molecule has 1 aromatic rings. The molecule has 118 valence electrons. The second-order valence-electron chi connectivity index (χ2n) is 5.29. The van der Waals surface area contributed by atoms with Crippen molar-refractivity contribution in [2.75, 3.05) is 11.5 Å². The Bertz CT molecular complexity index is 635. The SMILES string of the molecule is CCCCSC1=C(SCCCC)c2cc(=O)cccc2C1=O. The molecule has 1 aromatic carbocycles. The topological polar surface area (TPSA) is 34.1 Å². The summed E-state index contributed by atoms with van der Waals surface area (Å²) in [5, 5.41) is 0. The van der Waals surface area contributed by atoms with E-state index < -0.39 is 0 Å². The molecule has 0 spiro atoms. The highest BCUT2D eigenvalue weighted by Crippen LogP contribution is 2.44. The first-order chi connectivity index (χ1) is 10.7. The second kappa shape index (κ2) is 8.59. The Kier molecular flexibility index (Phi) is 6.77. The van der Waals surface area contributed by atoms with Crippen molar-refractivity contribution in [2.45, 2.75) is 39.5 Å². The molecule has 4 heteroatoms. The number of fused-ring (bicyclic) bond motifs is 1. The van der Waals surface area contributed by atoms with Crippen LogP contribution in [0.4, 0.5) is 0 Å². The Labute approximate surface area is 140 Å². The maximum atomic E-state index is 12.7. The molecule has 1 aliphatic rings. The molecule has 0 bridgehead atoms. The minimum Gasteiger partial charge on any atom is -0.290 e. The van der Waals surface area contributed by atoms with Crippen molar-refractivity contribution in [3.63, 3.8) is 0 Å². The molecular weight excluding hydrogens is 312 g/mol. The van der Waals surface area contributed by atoms with Gasteiger partial charge < -0.3 is 0 Å². The fourth-order valence-corrected chi connectivity index (χ4v) is 4.90. The molecule has 0 radical (unpaired) electrons. The quantitative estimate of drug-likeness (QED) is 0.628. The van der Waals surface area contributed by atoms with Crippen molar-refractivity contribution in [3.8, 4) is 0 Å². The van der Waals surface area contributed by atoms with Gasteiger partial charge in [0.25, 0.3) is 0 Å². The number of ketones is 1. The first-order valence-corrected chi connectivity index (χ1v) is 9.85. The van der Waals surface area contributed by atoms with Gasteiger partial charge in [-0.2, -0.15) is 0 Å². The summed E-state index contributed by atoms with van der Waals surface area (Å²) in [7, 11) is 0. The predicted molar refractivity (Wildman–Crippen MR) is 98.7 cm³/mol. The molecule has 0 saturated carbocycles. The lowest BCUT2D eigenvalue weighted by Crippen LogP contribution is -1.96. The van der Waals surface area contributed by atoms with Crippen LogP contribution in [0.3, 0.4) is 0 Å². The van der Waals surface area contributed by atoms with E-state index in [4.69, 9.17) is 0 Å². The van der Waals surface area contributed by atoms with E-state index in [2.05, 4.69) is 13.8 Å². The number of allylic oxidation sites excluding steroid dienone is 1. The van der Waals surface area contributed by atoms with Gasteiger partial charge in [0.2, 0.25) is 5.78 Å². The van der Waals surface area contributed by atoms with Crippen LogP contribution in [-0.2, 0) is 0 Å². The molecular formula is C18H22O2S2. The van der Waals surface area contributed by atoms with Gasteiger partial charge in [0.1, 0.15) is 0 Å². The molecule has 0 atom stereocenters. The van der Waals surface area contributed by atoms with Crippen LogP contribution in [0.2, 0.25) is 0 Å². The van der Waals surface area contributed by atoms with E-state index in [0.717, 1.165) is 52.6 Å². The van der Waals surface area contributed by atoms with E-state index in [9.17, 15) is 9.59 Å². The van der Waals surface area contributed by atoms with Gasteiger partial charge in [-0.3, -0.25) is 9.59 Å². The normalized spacial score (nSPS) is 13.6. The van der Waals surface area contributed by atoms with Gasteiger partial charge in [0, 0.05) is 16.0 Å². The van der Waals surface area contributed by atoms with Crippen molar-refractivity contribution in [1.82, 2.24) is 0 Å². The lowest BCUT2D eigenvalue weighted by Gasteiger charge is -2.06. The van der Waals surface area contributed by atoms with Gasteiger partial charge in [-0.1, -0.05) is 38.8 Å². The van der Waals surface area contributed by atoms with Crippen LogP contribution in [-0.4, -0.2) is 17.3 Å². The number of hydrogen-bond donors (Lipinski definition) is 0. The zero-order valence-corrected chi connectivity index (χ0v) is 14.8. The summed E-state index contributed by atoms with van der Waals surface area (Å²) in [6, 6.07) is 6.61. The van der Waals surface area contributed by atoms with Crippen LogP contribution in [0.5, 0.6) is 0 Å². The molecule has 22 heavy (non-hydrogen) atoms. The van der Waals surface area contributed by atoms with E-state index in [0.29, 0.717) is 5.56 Å². The van der Waals surface area contributed by atoms with Gasteiger partial charge >= 0.3 is 0 Å². The average Bonchev–Trinajstić information content (AvgIpc) is 2.65. The number of thioether (sulfide) groups is 2. The van der Waals surface area contributed by atoms with Crippen LogP contribution in [0.1, 0.15) is 55.5 Å². The summed E-state index contributed by atoms with van der Waals surface area (Å²) >= 11 is 3.37. The molecule has 1 aliphatic carbocycles. The van der Waals surface area contributed by atoms with E-state index >= 15 is 0 Å². The number of hydrogen-bond acceptors (Lipinski definition) is 4. The first-order valence-electron chi connectivity index (χ1n) is 7.88. The van der Waals surface area contributed by atoms with E-state index in [1.807, 2.05) is 0 Å². The molecule has 0 amide bonds. The van der Waals surface area contributed by atoms with Crippen LogP contribution >= 0.6 is 23.5 Å². The van der Waals surface area contributed by atoms with Gasteiger partial charge in [0.05, 0.1) is 4.91 Å². The number of rotatable bonds is 8. The predicted octanol–water partition coefficient (Wildman–Crippen LogP) is 4.98. The number of carbonyl (C=O) groups is 1. The molecule has 2 rings (SSSR count).